The van der Waals surface area contributed by atoms with E-state index in [4.69, 9.17) is 10.8 Å². The number of aliphatic hydroxyl groups is 1. The fourth-order valence-electron chi connectivity index (χ4n) is 0.635. The van der Waals surface area contributed by atoms with Gasteiger partial charge in [0.1, 0.15) is 0 Å². The van der Waals surface area contributed by atoms with E-state index in [1.807, 2.05) is 0 Å². The molecule has 11 heavy (non-hydrogen) atoms. The maximum absolute atomic E-state index is 10.7. The molecular weight excluding hydrogens is 146 g/mol. The number of hydrogen-bond acceptors (Lipinski definition) is 4. The Bertz CT molecular complexity index is 116. The van der Waals surface area contributed by atoms with Crippen molar-refractivity contribution in [2.24, 2.45) is 5.73 Å². The van der Waals surface area contributed by atoms with Crippen LogP contribution in [0.25, 0.3) is 0 Å². The lowest BCUT2D eigenvalue weighted by Crippen LogP contribution is -2.21. The van der Waals surface area contributed by atoms with Crippen LogP contribution in [0, 0.1) is 0 Å². The average molecular weight is 161 g/mol. The second-order valence-corrected chi connectivity index (χ2v) is 2.23. The van der Waals surface area contributed by atoms with E-state index >= 15 is 0 Å². The summed E-state index contributed by atoms with van der Waals surface area (Å²) in [5, 5.41) is 8.94. The summed E-state index contributed by atoms with van der Waals surface area (Å²) >= 11 is 0. The lowest BCUT2D eigenvalue weighted by Gasteiger charge is -2.05. The average Bonchev–Trinajstić information content (AvgIpc) is 2.01. The quantitative estimate of drug-likeness (QED) is 0.540. The Morgan fingerprint density at radius 1 is 1.73 bits per heavy atom. The second kappa shape index (κ2) is 6.12. The fraction of sp³-hybridized carbons (Fsp3) is 0.857. The van der Waals surface area contributed by atoms with Gasteiger partial charge in [0.05, 0.1) is 12.7 Å². The molecule has 4 nitrogen and oxygen atoms in total. The molecule has 0 heterocycles. The van der Waals surface area contributed by atoms with Crippen molar-refractivity contribution in [2.75, 3.05) is 13.2 Å². The van der Waals surface area contributed by atoms with E-state index in [1.165, 1.54) is 0 Å². The molecule has 0 rings (SSSR count). The predicted molar refractivity (Wildman–Crippen MR) is 40.9 cm³/mol. The topological polar surface area (TPSA) is 72.5 Å². The Hall–Kier alpha value is -0.610. The molecule has 3 N–H and O–H groups in total. The van der Waals surface area contributed by atoms with Crippen LogP contribution in [0.15, 0.2) is 0 Å². The van der Waals surface area contributed by atoms with Gasteiger partial charge < -0.3 is 15.6 Å². The van der Waals surface area contributed by atoms with Gasteiger partial charge in [-0.3, -0.25) is 4.79 Å². The van der Waals surface area contributed by atoms with E-state index in [1.54, 1.807) is 6.92 Å². The van der Waals surface area contributed by atoms with Crippen molar-refractivity contribution in [3.63, 3.8) is 0 Å². The molecule has 0 aromatic rings. The molecule has 0 bridgehead atoms. The van der Waals surface area contributed by atoms with Crippen LogP contribution in [-0.2, 0) is 9.53 Å². The number of esters is 1. The van der Waals surface area contributed by atoms with Gasteiger partial charge >= 0.3 is 5.97 Å². The van der Waals surface area contributed by atoms with E-state index < -0.39 is 6.10 Å². The van der Waals surface area contributed by atoms with Gasteiger partial charge in [0.2, 0.25) is 0 Å². The highest BCUT2D eigenvalue weighted by Gasteiger charge is 2.06. The summed E-state index contributed by atoms with van der Waals surface area (Å²) in [5.41, 5.74) is 5.13. The first-order valence-corrected chi connectivity index (χ1v) is 3.74. The minimum absolute atomic E-state index is 0.194. The van der Waals surface area contributed by atoms with E-state index in [0.717, 1.165) is 0 Å². The lowest BCUT2D eigenvalue weighted by molar-refractivity contribution is -0.143. The number of nitrogens with two attached hydrogens (primary N) is 1. The second-order valence-electron chi connectivity index (χ2n) is 2.23. The van der Waals surface area contributed by atoms with E-state index in [0.29, 0.717) is 13.0 Å². The summed E-state index contributed by atoms with van der Waals surface area (Å²) in [6, 6.07) is 0. The van der Waals surface area contributed by atoms with Crippen LogP contribution in [0.3, 0.4) is 0 Å². The molecule has 0 saturated carbocycles. The zero-order valence-corrected chi connectivity index (χ0v) is 6.75. The van der Waals surface area contributed by atoms with Crippen LogP contribution in [0.2, 0.25) is 0 Å². The van der Waals surface area contributed by atoms with Gasteiger partial charge in [-0.2, -0.15) is 0 Å². The van der Waals surface area contributed by atoms with Gasteiger partial charge in [0.15, 0.2) is 0 Å². The number of aliphatic hydroxyl groups excluding tert-OH is 1. The van der Waals surface area contributed by atoms with Crippen LogP contribution in [0.4, 0.5) is 0 Å². The molecule has 0 aliphatic heterocycles. The van der Waals surface area contributed by atoms with Crippen LogP contribution in [0.5, 0.6) is 0 Å². The van der Waals surface area contributed by atoms with Crippen molar-refractivity contribution in [1.29, 1.82) is 0 Å². The first-order chi connectivity index (χ1) is 5.20. The molecule has 0 aromatic carbocycles. The molecule has 0 aliphatic rings. The smallest absolute Gasteiger partial charge is 0.305 e. The van der Waals surface area contributed by atoms with E-state index in [2.05, 4.69) is 4.74 Å². The van der Waals surface area contributed by atoms with Crippen molar-refractivity contribution < 1.29 is 14.6 Å². The molecule has 66 valence electrons. The van der Waals surface area contributed by atoms with E-state index in [-0.39, 0.29) is 18.9 Å². The highest BCUT2D eigenvalue weighted by atomic mass is 16.5. The van der Waals surface area contributed by atoms with Crippen molar-refractivity contribution in [1.82, 2.24) is 0 Å². The molecule has 0 spiro atoms. The summed E-state index contributed by atoms with van der Waals surface area (Å²) in [4.78, 5) is 10.7. The van der Waals surface area contributed by atoms with Crippen LogP contribution in [0.1, 0.15) is 19.8 Å². The molecule has 0 fully saturated rings. The Morgan fingerprint density at radius 2 is 2.36 bits per heavy atom. The standard InChI is InChI=1S/C7H15NO3/c1-2-11-7(10)4-3-6(9)5-8/h6,9H,2-5,8H2,1H3. The molecule has 0 amide bonds. The molecule has 0 aromatic heterocycles. The maximum atomic E-state index is 10.7. The Morgan fingerprint density at radius 3 is 2.82 bits per heavy atom. The minimum Gasteiger partial charge on any atom is -0.466 e. The van der Waals surface area contributed by atoms with Gasteiger partial charge in [-0.25, -0.2) is 0 Å². The van der Waals surface area contributed by atoms with Crippen LogP contribution < -0.4 is 5.73 Å². The van der Waals surface area contributed by atoms with Crippen LogP contribution >= 0.6 is 0 Å². The molecule has 4 heteroatoms. The summed E-state index contributed by atoms with van der Waals surface area (Å²) < 4.78 is 4.65. The molecule has 0 radical (unpaired) electrons. The Balaban J connectivity index is 3.30. The minimum atomic E-state index is -0.584. The number of ether oxygens (including phenoxy) is 1. The van der Waals surface area contributed by atoms with Crippen molar-refractivity contribution >= 4 is 5.97 Å². The Labute approximate surface area is 66.3 Å². The molecule has 1 atom stereocenters. The number of carbonyl (C=O) groups excluding carboxylic acids is 1. The number of hydrogen-bond donors (Lipinski definition) is 2. The van der Waals surface area contributed by atoms with Gasteiger partial charge in [-0.05, 0) is 13.3 Å². The molecule has 0 saturated heterocycles. The summed E-state index contributed by atoms with van der Waals surface area (Å²) in [6.45, 7) is 2.33. The van der Waals surface area contributed by atoms with Gasteiger partial charge in [-0.1, -0.05) is 0 Å². The van der Waals surface area contributed by atoms with Crippen molar-refractivity contribution in [3.8, 4) is 0 Å². The largest absolute Gasteiger partial charge is 0.466 e. The number of carbonyl (C=O) groups is 1. The first-order valence-electron chi connectivity index (χ1n) is 3.74. The monoisotopic (exact) mass is 161 g/mol. The third-order valence-electron chi connectivity index (χ3n) is 1.26. The summed E-state index contributed by atoms with van der Waals surface area (Å²) in [7, 11) is 0. The van der Waals surface area contributed by atoms with E-state index in [9.17, 15) is 4.79 Å². The molecule has 0 aliphatic carbocycles. The zero-order valence-electron chi connectivity index (χ0n) is 6.75. The highest BCUT2D eigenvalue weighted by molar-refractivity contribution is 5.69. The van der Waals surface area contributed by atoms with Gasteiger partial charge in [0.25, 0.3) is 0 Å². The Kier molecular flexibility index (Phi) is 5.78. The third kappa shape index (κ3) is 5.82. The number of rotatable bonds is 5. The predicted octanol–water partition coefficient (Wildman–Crippen LogP) is -0.351. The van der Waals surface area contributed by atoms with Crippen molar-refractivity contribution in [3.05, 3.63) is 0 Å². The molecule has 1 unspecified atom stereocenters. The third-order valence-corrected chi connectivity index (χ3v) is 1.26. The van der Waals surface area contributed by atoms with Gasteiger partial charge in [-0.15, -0.1) is 0 Å². The summed E-state index contributed by atoms with van der Waals surface area (Å²) in [5.74, 6) is -0.278. The van der Waals surface area contributed by atoms with Gasteiger partial charge in [0, 0.05) is 13.0 Å². The maximum Gasteiger partial charge on any atom is 0.305 e. The highest BCUT2D eigenvalue weighted by Crippen LogP contribution is 1.96. The summed E-state index contributed by atoms with van der Waals surface area (Å²) in [6.07, 6.45) is 0.0426. The van der Waals surface area contributed by atoms with Crippen LogP contribution in [-0.4, -0.2) is 30.3 Å². The fourth-order valence-corrected chi connectivity index (χ4v) is 0.635. The van der Waals surface area contributed by atoms with Crippen molar-refractivity contribution in [2.45, 2.75) is 25.9 Å². The lowest BCUT2D eigenvalue weighted by atomic mass is 10.2. The molecular formula is C7H15NO3. The zero-order chi connectivity index (χ0) is 8.69. The normalized spacial score (nSPS) is 12.6. The SMILES string of the molecule is CCOC(=O)CCC(O)CN. The first kappa shape index (κ1) is 10.4.